The fourth-order valence-corrected chi connectivity index (χ4v) is 4.18. The Labute approximate surface area is 190 Å². The molecule has 2 aromatic carbocycles. The van der Waals surface area contributed by atoms with Gasteiger partial charge in [-0.25, -0.2) is 14.4 Å². The van der Waals surface area contributed by atoms with Gasteiger partial charge in [0.2, 0.25) is 5.88 Å². The van der Waals surface area contributed by atoms with E-state index in [4.69, 9.17) is 14.2 Å². The molecule has 33 heavy (non-hydrogen) atoms. The molecule has 172 valence electrons. The van der Waals surface area contributed by atoms with Crippen LogP contribution in [0.3, 0.4) is 0 Å². The van der Waals surface area contributed by atoms with E-state index < -0.39 is 5.82 Å². The molecule has 1 fully saturated rings. The highest BCUT2D eigenvalue weighted by atomic mass is 19.1. The normalized spacial score (nSPS) is 14.6. The molecule has 3 N–H and O–H groups in total. The molecular weight excluding hydrogens is 425 g/mol. The van der Waals surface area contributed by atoms with Crippen molar-refractivity contribution in [3.63, 3.8) is 0 Å². The predicted molar refractivity (Wildman–Crippen MR) is 123 cm³/mol. The molecular formula is C24H27FN5O3+. The van der Waals surface area contributed by atoms with Gasteiger partial charge in [-0.1, -0.05) is 0 Å². The molecule has 1 saturated heterocycles. The summed E-state index contributed by atoms with van der Waals surface area (Å²) in [6.45, 7) is 7.67. The minimum Gasteiger partial charge on any atom is -0.493 e. The monoisotopic (exact) mass is 452 g/mol. The van der Waals surface area contributed by atoms with Crippen molar-refractivity contribution in [3.8, 4) is 23.1 Å². The van der Waals surface area contributed by atoms with Crippen LogP contribution in [0.25, 0.3) is 21.8 Å². The third-order valence-electron chi connectivity index (χ3n) is 5.89. The predicted octanol–water partition coefficient (Wildman–Crippen LogP) is 2.62. The van der Waals surface area contributed by atoms with E-state index in [1.807, 2.05) is 13.0 Å². The zero-order valence-electron chi connectivity index (χ0n) is 18.7. The van der Waals surface area contributed by atoms with Crippen LogP contribution in [-0.2, 0) is 0 Å². The third kappa shape index (κ3) is 4.42. The van der Waals surface area contributed by atoms with Gasteiger partial charge in [0.15, 0.2) is 23.1 Å². The molecule has 5 rings (SSSR count). The van der Waals surface area contributed by atoms with Crippen molar-refractivity contribution in [3.05, 3.63) is 48.2 Å². The first-order valence-electron chi connectivity index (χ1n) is 11.1. The number of H-pyrrole nitrogens is 1. The van der Waals surface area contributed by atoms with Crippen LogP contribution < -0.4 is 19.5 Å². The summed E-state index contributed by atoms with van der Waals surface area (Å²) < 4.78 is 32.5. The van der Waals surface area contributed by atoms with E-state index in [1.54, 1.807) is 31.4 Å². The van der Waals surface area contributed by atoms with Crippen LogP contribution in [-0.4, -0.2) is 66.3 Å². The average Bonchev–Trinajstić information content (AvgIpc) is 3.22. The number of quaternary nitrogens is 1. The molecule has 3 heterocycles. The number of aromatic amines is 1. The van der Waals surface area contributed by atoms with Crippen LogP contribution in [0.4, 0.5) is 4.39 Å². The lowest BCUT2D eigenvalue weighted by molar-refractivity contribution is -0.663. The van der Waals surface area contributed by atoms with E-state index in [-0.39, 0.29) is 11.6 Å². The van der Waals surface area contributed by atoms with E-state index in [0.717, 1.165) is 43.9 Å². The Kier molecular flexibility index (Phi) is 5.97. The van der Waals surface area contributed by atoms with Crippen LogP contribution in [0.15, 0.2) is 36.7 Å². The summed E-state index contributed by atoms with van der Waals surface area (Å²) in [6, 6.07) is 8.71. The number of hydrogen-bond acceptors (Lipinski definition) is 6. The molecule has 0 bridgehead atoms. The number of aromatic nitrogens is 3. The molecule has 0 spiro atoms. The molecule has 0 aliphatic carbocycles. The summed E-state index contributed by atoms with van der Waals surface area (Å²) in [6.07, 6.45) is 1.40. The molecule has 1 aliphatic rings. The zero-order valence-corrected chi connectivity index (χ0v) is 18.7. The Balaban J connectivity index is 1.40. The number of aryl methyl sites for hydroxylation is 1. The smallest absolute Gasteiger partial charge is 0.230 e. The molecule has 0 radical (unpaired) electrons. The summed E-state index contributed by atoms with van der Waals surface area (Å²) in [5.74, 6) is 1.06. The molecule has 0 amide bonds. The lowest BCUT2D eigenvalue weighted by Gasteiger charge is -2.24. The number of ether oxygens (including phenoxy) is 3. The van der Waals surface area contributed by atoms with Gasteiger partial charge in [0.1, 0.15) is 12.9 Å². The fourth-order valence-electron chi connectivity index (χ4n) is 4.18. The first kappa shape index (κ1) is 21.4. The minimum absolute atomic E-state index is 0.0968. The van der Waals surface area contributed by atoms with Crippen LogP contribution in [0.2, 0.25) is 0 Å². The summed E-state index contributed by atoms with van der Waals surface area (Å²) in [5.41, 5.74) is 2.22. The van der Waals surface area contributed by atoms with Gasteiger partial charge in [-0.2, -0.15) is 0 Å². The molecule has 2 aromatic heterocycles. The number of methoxy groups -OCH3 is 1. The summed E-state index contributed by atoms with van der Waals surface area (Å²) in [7, 11) is 1.58. The number of rotatable bonds is 7. The highest BCUT2D eigenvalue weighted by Crippen LogP contribution is 2.37. The third-order valence-corrected chi connectivity index (χ3v) is 5.89. The number of nitrogens with zero attached hydrogens (tertiary/aromatic N) is 3. The maximum absolute atomic E-state index is 15.0. The number of hydrogen-bond donors (Lipinski definition) is 2. The van der Waals surface area contributed by atoms with Crippen LogP contribution in [0, 0.1) is 12.7 Å². The van der Waals surface area contributed by atoms with E-state index in [2.05, 4.69) is 25.2 Å². The second-order valence-electron chi connectivity index (χ2n) is 8.15. The van der Waals surface area contributed by atoms with Crippen molar-refractivity contribution >= 4 is 21.8 Å². The maximum Gasteiger partial charge on any atom is 0.230 e. The molecule has 0 unspecified atom stereocenters. The van der Waals surface area contributed by atoms with Gasteiger partial charge in [0.05, 0.1) is 31.1 Å². The summed E-state index contributed by atoms with van der Waals surface area (Å²) >= 11 is 0. The number of nitrogens with two attached hydrogens (primary N) is 1. The first-order chi connectivity index (χ1) is 16.1. The Hall–Kier alpha value is -3.43. The van der Waals surface area contributed by atoms with E-state index >= 15 is 4.39 Å². The van der Waals surface area contributed by atoms with Crippen molar-refractivity contribution in [2.45, 2.75) is 6.92 Å². The first-order valence-corrected chi connectivity index (χ1v) is 11.1. The second-order valence-corrected chi connectivity index (χ2v) is 8.15. The zero-order chi connectivity index (χ0) is 22.8. The van der Waals surface area contributed by atoms with E-state index in [0.29, 0.717) is 34.4 Å². The summed E-state index contributed by atoms with van der Waals surface area (Å²) in [5, 5.41) is 3.41. The quantitative estimate of drug-likeness (QED) is 0.448. The Bertz CT molecular complexity index is 1290. The largest absolute Gasteiger partial charge is 0.493 e. The molecule has 1 aliphatic heterocycles. The summed E-state index contributed by atoms with van der Waals surface area (Å²) in [4.78, 5) is 14.1. The van der Waals surface area contributed by atoms with E-state index in [9.17, 15) is 0 Å². The van der Waals surface area contributed by atoms with Gasteiger partial charge in [-0.15, -0.1) is 0 Å². The van der Waals surface area contributed by atoms with Gasteiger partial charge < -0.3 is 24.5 Å². The Morgan fingerprint density at radius 2 is 1.91 bits per heavy atom. The number of benzene rings is 2. The van der Waals surface area contributed by atoms with Crippen molar-refractivity contribution in [1.29, 1.82) is 0 Å². The number of piperazine rings is 1. The molecule has 9 heteroatoms. The molecule has 0 atom stereocenters. The van der Waals surface area contributed by atoms with Gasteiger partial charge in [-0.05, 0) is 31.2 Å². The van der Waals surface area contributed by atoms with Crippen molar-refractivity contribution in [1.82, 2.24) is 19.9 Å². The lowest BCUT2D eigenvalue weighted by Crippen LogP contribution is -2.89. The minimum atomic E-state index is -0.439. The maximum atomic E-state index is 15.0. The van der Waals surface area contributed by atoms with Gasteiger partial charge in [0.25, 0.3) is 0 Å². The molecule has 0 saturated carbocycles. The standard InChI is InChI=1S/C24H26FN5O3/c1-15-11-16-18(29-15)3-4-20(23(16)25)33-24-17-12-21(31-2)22(13-19(17)27-14-28-24)32-10-9-30-7-5-26-6-8-30/h3-4,11-14,26,29H,5-10H2,1-2H3/p+1. The Morgan fingerprint density at radius 3 is 2.73 bits per heavy atom. The van der Waals surface area contributed by atoms with Crippen LogP contribution in [0.1, 0.15) is 5.69 Å². The molecule has 4 aromatic rings. The van der Waals surface area contributed by atoms with Crippen molar-refractivity contribution in [2.75, 3.05) is 46.4 Å². The van der Waals surface area contributed by atoms with E-state index in [1.165, 1.54) is 6.33 Å². The molecule has 8 nitrogen and oxygen atoms in total. The highest BCUT2D eigenvalue weighted by molar-refractivity contribution is 5.87. The van der Waals surface area contributed by atoms with Gasteiger partial charge in [-0.3, -0.25) is 4.90 Å². The Morgan fingerprint density at radius 1 is 1.06 bits per heavy atom. The highest BCUT2D eigenvalue weighted by Gasteiger charge is 2.17. The van der Waals surface area contributed by atoms with Gasteiger partial charge in [0, 0.05) is 42.3 Å². The van der Waals surface area contributed by atoms with Crippen molar-refractivity contribution in [2.24, 2.45) is 0 Å². The number of halogens is 1. The topological polar surface area (TPSA) is 89.1 Å². The van der Waals surface area contributed by atoms with Crippen molar-refractivity contribution < 1.29 is 23.9 Å². The number of nitrogens with one attached hydrogen (secondary N) is 1. The second kappa shape index (κ2) is 9.21. The number of fused-ring (bicyclic) bond motifs is 2. The average molecular weight is 453 g/mol. The fraction of sp³-hybridized carbons (Fsp3) is 0.333. The lowest BCUT2D eigenvalue weighted by atomic mass is 10.2. The van der Waals surface area contributed by atoms with Crippen LogP contribution in [0.5, 0.6) is 23.1 Å². The van der Waals surface area contributed by atoms with Crippen LogP contribution >= 0.6 is 0 Å². The SMILES string of the molecule is COc1cc2c(Oc3ccc4[nH]c(C)cc4c3F)ncnc2cc1OCCN1CC[NH2+]CC1. The van der Waals surface area contributed by atoms with Gasteiger partial charge >= 0.3 is 0 Å².